The number of imidazole rings is 4. The fourth-order valence-corrected chi connectivity index (χ4v) is 11.6. The number of fused-ring (bicyclic) bond motifs is 1. The van der Waals surface area contributed by atoms with Crippen LogP contribution in [0.2, 0.25) is 0 Å². The van der Waals surface area contributed by atoms with Crippen molar-refractivity contribution < 1.29 is 118 Å². The molecular weight excluding hydrogens is 2160 g/mol. The van der Waals surface area contributed by atoms with Crippen molar-refractivity contribution in [3.8, 4) is 68.3 Å². The zero-order valence-corrected chi connectivity index (χ0v) is 70.2. The first-order chi connectivity index (χ1) is 45.9. The van der Waals surface area contributed by atoms with Crippen molar-refractivity contribution in [1.29, 1.82) is 0 Å². The largest absolute Gasteiger partial charge is 0.381 e. The predicted molar refractivity (Wildman–Crippen MR) is 376 cm³/mol. The number of pyridine rings is 1. The van der Waals surface area contributed by atoms with Crippen molar-refractivity contribution in [1.82, 2.24) is 53.0 Å². The van der Waals surface area contributed by atoms with Gasteiger partial charge in [-0.25, -0.2) is 0 Å². The van der Waals surface area contributed by atoms with Gasteiger partial charge in [0, 0.05) is 179 Å². The molecule has 1 aliphatic carbocycles. The van der Waals surface area contributed by atoms with Gasteiger partial charge in [0.2, 0.25) is 0 Å². The molecule has 101 heavy (non-hydrogen) atoms. The molecule has 20 heteroatoms. The first-order valence-electron chi connectivity index (χ1n) is 32.2. The van der Waals surface area contributed by atoms with Crippen molar-refractivity contribution in [2.24, 2.45) is 14.1 Å². The van der Waals surface area contributed by atoms with Crippen LogP contribution in [0, 0.1) is 64.0 Å². The van der Waals surface area contributed by atoms with Crippen molar-refractivity contribution in [3.05, 3.63) is 276 Å². The van der Waals surface area contributed by atoms with E-state index in [1.54, 1.807) is 23.1 Å². The molecule has 1 aliphatic rings. The first-order valence-corrected chi connectivity index (χ1v) is 32.2. The fourth-order valence-electron chi connectivity index (χ4n) is 11.6. The van der Waals surface area contributed by atoms with Gasteiger partial charge in [0.15, 0.2) is 0 Å². The predicted octanol–water partition coefficient (Wildman–Crippen LogP) is 19.8. The molecule has 0 N–H and O–H groups in total. The van der Waals surface area contributed by atoms with Crippen molar-refractivity contribution in [2.75, 3.05) is 0 Å². The number of halogens is 4. The molecule has 13 aromatic rings. The second-order valence-electron chi connectivity index (χ2n) is 26.0. The van der Waals surface area contributed by atoms with Crippen LogP contribution >= 0.6 is 0 Å². The zero-order valence-electron chi connectivity index (χ0n) is 58.3. The third-order valence-electron chi connectivity index (χ3n) is 16.7. The molecule has 6 aromatic heterocycles. The fraction of sp³-hybridized carbons (Fsp3) is 0.259. The summed E-state index contributed by atoms with van der Waals surface area (Å²) in [6.45, 7) is 21.3. The van der Waals surface area contributed by atoms with E-state index in [4.69, 9.17) is 4.98 Å². The molecule has 0 atom stereocenters. The molecule has 7 aromatic carbocycles. The van der Waals surface area contributed by atoms with E-state index in [0.717, 1.165) is 96.9 Å². The second kappa shape index (κ2) is 37.9. The molecule has 1 fully saturated rings. The summed E-state index contributed by atoms with van der Waals surface area (Å²) >= 11 is 0. The van der Waals surface area contributed by atoms with Gasteiger partial charge in [-0.05, 0) is 91.7 Å². The summed E-state index contributed by atoms with van der Waals surface area (Å²) in [6.07, 6.45) is 12.8. The average molecular weight is 2240 g/mol. The van der Waals surface area contributed by atoms with E-state index in [0.29, 0.717) is 17.4 Å². The van der Waals surface area contributed by atoms with Crippen LogP contribution in [0.15, 0.2) is 201 Å². The normalized spacial score (nSPS) is 11.9. The summed E-state index contributed by atoms with van der Waals surface area (Å²) in [5, 5.41) is 4.45. The van der Waals surface area contributed by atoms with Gasteiger partial charge in [0.25, 0.3) is 0 Å². The summed E-state index contributed by atoms with van der Waals surface area (Å²) in [7, 11) is 3.80. The molecule has 0 spiro atoms. The summed E-state index contributed by atoms with van der Waals surface area (Å²) in [4.78, 5) is 22.4. The van der Waals surface area contributed by atoms with Gasteiger partial charge in [-0.15, -0.1) is 137 Å². The number of alkyl halides is 3. The van der Waals surface area contributed by atoms with Crippen LogP contribution in [0.1, 0.15) is 119 Å². The van der Waals surface area contributed by atoms with E-state index < -0.39 is 11.7 Å². The number of aryl methyl sites for hydroxylation is 5. The van der Waals surface area contributed by atoms with E-state index in [1.807, 2.05) is 140 Å². The minimum atomic E-state index is -4.36. The molecule has 14 rings (SSSR count). The molecule has 0 amide bonds. The zero-order chi connectivity index (χ0) is 68.3. The summed E-state index contributed by atoms with van der Waals surface area (Å²) < 4.78 is 61.1. The topological polar surface area (TPSA) is 102 Å². The van der Waals surface area contributed by atoms with Crippen molar-refractivity contribution in [3.63, 3.8) is 0 Å². The van der Waals surface area contributed by atoms with Crippen LogP contribution in [0.25, 0.3) is 79.3 Å². The second-order valence-corrected chi connectivity index (χ2v) is 26.0. The minimum Gasteiger partial charge on any atom is -0.367 e. The van der Waals surface area contributed by atoms with Crippen molar-refractivity contribution in [2.45, 2.75) is 124 Å². The molecular formula is C81H80F4Ir5N11-5. The Kier molecular flexibility index (Phi) is 31.8. The van der Waals surface area contributed by atoms with E-state index >= 15 is 0 Å². The molecule has 0 aliphatic heterocycles. The monoisotopic (exact) mass is 2250 g/mol. The van der Waals surface area contributed by atoms with Crippen LogP contribution in [0.5, 0.6) is 0 Å². The number of hydrogen-bond acceptors (Lipinski definition) is 6. The smallest absolute Gasteiger partial charge is 0.367 e. The number of benzene rings is 7. The molecule has 6 heterocycles. The first kappa shape index (κ1) is 84.6. The Morgan fingerprint density at radius 2 is 1.14 bits per heavy atom. The molecule has 1 saturated carbocycles. The molecule has 11 nitrogen and oxygen atoms in total. The van der Waals surface area contributed by atoms with Gasteiger partial charge in [-0.3, -0.25) is 29.4 Å². The molecule has 0 bridgehead atoms. The van der Waals surface area contributed by atoms with Gasteiger partial charge in [0.05, 0.1) is 45.8 Å². The van der Waals surface area contributed by atoms with Gasteiger partial charge in [-0.2, -0.15) is 13.2 Å². The minimum absolute atomic E-state index is 0. The Hall–Kier alpha value is -7.03. The van der Waals surface area contributed by atoms with Crippen LogP contribution in [0.4, 0.5) is 17.6 Å². The number of para-hydroxylation sites is 3. The average Bonchev–Trinajstić information content (AvgIpc) is 1.68. The maximum atomic E-state index is 12.8. The Bertz CT molecular complexity index is 4640. The maximum Gasteiger partial charge on any atom is 0.381 e. The van der Waals surface area contributed by atoms with E-state index in [2.05, 4.69) is 169 Å². The maximum absolute atomic E-state index is 12.8. The summed E-state index contributed by atoms with van der Waals surface area (Å²) in [5.41, 5.74) is 14.9. The molecule has 537 valence electrons. The number of rotatable bonds is 8. The SMILES string of the molecule is CC(C)(C)c1c[c-]n(-c2ccccn2)n1.Cc1cc[c-]c(-c2ncc(C(C)(C)C)n2-c2ccccc2)c1.Cc1cccc(C)c1-c1cnc(-c2[c-]cc(C(F)(F)F)cc2)n1C.Cc1cnc(-c2[c-]cccc2)n1C1CCCCC1.Cn1c(-c2[c-]cc(F)cc2)nc2ccccc21.[Ir].[Ir].[Ir].[Ir].[Ir]. The van der Waals surface area contributed by atoms with Crippen LogP contribution < -0.4 is 0 Å². The molecule has 0 unspecified atom stereocenters. The Morgan fingerprint density at radius 3 is 1.73 bits per heavy atom. The summed E-state index contributed by atoms with van der Waals surface area (Å²) in [5.74, 6) is 3.92. The van der Waals surface area contributed by atoms with E-state index in [9.17, 15) is 17.6 Å². The number of nitrogens with zero attached hydrogens (tertiary/aromatic N) is 11. The van der Waals surface area contributed by atoms with Crippen LogP contribution in [-0.2, 0) is 132 Å². The Labute approximate surface area is 659 Å². The van der Waals surface area contributed by atoms with Crippen molar-refractivity contribution >= 4 is 11.0 Å². The quantitative estimate of drug-likeness (QED) is 0.111. The van der Waals surface area contributed by atoms with E-state index in [1.165, 1.54) is 67.3 Å². The van der Waals surface area contributed by atoms with Gasteiger partial charge in [0.1, 0.15) is 0 Å². The molecule has 5 radical (unpaired) electrons. The van der Waals surface area contributed by atoms with Crippen LogP contribution in [0.3, 0.4) is 0 Å². The number of aromatic nitrogens is 11. The standard InChI is InChI=1S/C20H21N2.C19H16F3N2.C16H19N2.C14H10FN2.C12H14N3.5Ir/c1-15-9-8-10-16(13-15)19-21-14-18(20(2,3)4)22(19)17-11-6-5-7-12-17;1-12-5-4-6-13(2)17(12)16-11-23-18(24(16)3)14-7-9-15(10-8-14)19(20,21)22;1-13-12-17-16(14-8-4-2-5-9-14)18(13)15-10-6-3-7-11-15;1-17-13-5-3-2-4-12(13)16-14(17)10-6-8-11(15)9-7-10;1-12(2,3)10-7-9-15(14-10)11-6-4-5-8-13-11;;;;;/h5-9,11-14H,1-4H3;4-7,9-11H,1-3H3;2,4-5,8,12,15H,3,6-7,10-11H2,1H3;2-6,8-9H,1H3;4-8H,1-3H3;;;;;/q5*-1;;;;;. The summed E-state index contributed by atoms with van der Waals surface area (Å²) in [6, 6.07) is 67.0. The third-order valence-corrected chi connectivity index (χ3v) is 16.7. The van der Waals surface area contributed by atoms with Crippen LogP contribution in [-0.4, -0.2) is 53.0 Å². The molecule has 0 saturated heterocycles. The Balaban J connectivity index is 0.000000227. The van der Waals surface area contributed by atoms with E-state index in [-0.39, 0.29) is 117 Å². The Morgan fingerprint density at radius 1 is 0.515 bits per heavy atom. The van der Waals surface area contributed by atoms with Gasteiger partial charge in [-0.1, -0.05) is 135 Å². The van der Waals surface area contributed by atoms with Gasteiger partial charge < -0.3 is 27.9 Å². The number of hydrogen-bond donors (Lipinski definition) is 0. The third kappa shape index (κ3) is 21.3. The van der Waals surface area contributed by atoms with Gasteiger partial charge >= 0.3 is 6.18 Å².